The Morgan fingerprint density at radius 3 is 2.52 bits per heavy atom. The number of methoxy groups -OCH3 is 1. The summed E-state index contributed by atoms with van der Waals surface area (Å²) in [6.07, 6.45) is 0.638. The number of aliphatic hydroxyl groups is 1. The molecule has 0 saturated carbocycles. The Balaban J connectivity index is 2.14. The summed E-state index contributed by atoms with van der Waals surface area (Å²) in [5.41, 5.74) is 2.82. The molecule has 2 aromatic carbocycles. The van der Waals surface area contributed by atoms with E-state index in [1.54, 1.807) is 12.1 Å². The van der Waals surface area contributed by atoms with E-state index in [2.05, 4.69) is 0 Å². The molecular weight excluding hydrogens is 442 g/mol. The zero-order valence-corrected chi connectivity index (χ0v) is 20.4. The first kappa shape index (κ1) is 24.8. The molecule has 176 valence electrons. The third-order valence-corrected chi connectivity index (χ3v) is 5.82. The van der Waals surface area contributed by atoms with Crippen molar-refractivity contribution in [2.24, 2.45) is 0 Å². The van der Waals surface area contributed by atoms with E-state index in [0.717, 1.165) is 16.7 Å². The van der Waals surface area contributed by atoms with Crippen LogP contribution in [0.4, 0.5) is 0 Å². The molecule has 2 aromatic rings. The fraction of sp³-hybridized carbons (Fsp3) is 0.385. The molecule has 0 spiro atoms. The second kappa shape index (κ2) is 10.4. The van der Waals surface area contributed by atoms with Crippen LogP contribution in [-0.4, -0.2) is 48.1 Å². The lowest BCUT2D eigenvalue weighted by Gasteiger charge is -2.26. The Morgan fingerprint density at radius 1 is 1.15 bits per heavy atom. The Kier molecular flexibility index (Phi) is 7.82. The maximum absolute atomic E-state index is 13.2. The number of Topliss-reactive ketones (excluding diaryl/α,β-unsaturated/α-hetero) is 1. The first-order valence-electron chi connectivity index (χ1n) is 11.0. The van der Waals surface area contributed by atoms with Crippen molar-refractivity contribution in [2.45, 2.75) is 46.3 Å². The zero-order chi connectivity index (χ0) is 24.3. The first-order chi connectivity index (χ1) is 15.6. The van der Waals surface area contributed by atoms with Gasteiger partial charge in [0.1, 0.15) is 11.5 Å². The molecule has 1 atom stereocenters. The summed E-state index contributed by atoms with van der Waals surface area (Å²) >= 11 is 6.33. The number of likely N-dealkylation sites (tertiary alicyclic amines) is 1. The van der Waals surface area contributed by atoms with E-state index >= 15 is 0 Å². The maximum atomic E-state index is 13.2. The number of hydrogen-bond acceptors (Lipinski definition) is 5. The van der Waals surface area contributed by atoms with Gasteiger partial charge in [0.25, 0.3) is 11.7 Å². The molecule has 6 nitrogen and oxygen atoms in total. The van der Waals surface area contributed by atoms with Gasteiger partial charge in [0, 0.05) is 13.2 Å². The van der Waals surface area contributed by atoms with Gasteiger partial charge in [0.15, 0.2) is 0 Å². The lowest BCUT2D eigenvalue weighted by atomic mass is 9.93. The molecule has 1 N–H and O–H groups in total. The van der Waals surface area contributed by atoms with Crippen LogP contribution in [0.2, 0.25) is 5.02 Å². The van der Waals surface area contributed by atoms with Crippen LogP contribution >= 0.6 is 11.6 Å². The molecular formula is C26H30ClNO5. The summed E-state index contributed by atoms with van der Waals surface area (Å²) in [4.78, 5) is 27.8. The average Bonchev–Trinajstić information content (AvgIpc) is 3.00. The second-order valence-corrected chi connectivity index (χ2v) is 8.91. The van der Waals surface area contributed by atoms with Crippen LogP contribution in [0, 0.1) is 13.8 Å². The first-order valence-corrected chi connectivity index (χ1v) is 11.3. The van der Waals surface area contributed by atoms with Gasteiger partial charge in [0.2, 0.25) is 0 Å². The molecule has 1 fully saturated rings. The van der Waals surface area contributed by atoms with Crippen LogP contribution in [-0.2, 0) is 14.3 Å². The van der Waals surface area contributed by atoms with Crippen molar-refractivity contribution in [3.8, 4) is 5.75 Å². The van der Waals surface area contributed by atoms with E-state index in [1.807, 2.05) is 52.0 Å². The van der Waals surface area contributed by atoms with Gasteiger partial charge in [-0.25, -0.2) is 0 Å². The number of ether oxygens (including phenoxy) is 2. The highest BCUT2D eigenvalue weighted by Gasteiger charge is 2.46. The quantitative estimate of drug-likeness (QED) is 0.248. The number of carbonyl (C=O) groups excluding carboxylic acids is 2. The van der Waals surface area contributed by atoms with E-state index in [4.69, 9.17) is 21.1 Å². The topological polar surface area (TPSA) is 76.1 Å². The minimum absolute atomic E-state index is 0.0235. The summed E-state index contributed by atoms with van der Waals surface area (Å²) in [5, 5.41) is 11.7. The molecule has 33 heavy (non-hydrogen) atoms. The van der Waals surface area contributed by atoms with Crippen molar-refractivity contribution in [1.29, 1.82) is 0 Å². The Labute approximate surface area is 199 Å². The summed E-state index contributed by atoms with van der Waals surface area (Å²) < 4.78 is 11.0. The predicted octanol–water partition coefficient (Wildman–Crippen LogP) is 5.20. The fourth-order valence-electron chi connectivity index (χ4n) is 4.11. The smallest absolute Gasteiger partial charge is 0.295 e. The molecule has 1 aliphatic rings. The zero-order valence-electron chi connectivity index (χ0n) is 19.6. The third kappa shape index (κ3) is 5.23. The van der Waals surface area contributed by atoms with Crippen LogP contribution < -0.4 is 4.74 Å². The standard InChI is InChI=1S/C26H30ClNO5/c1-15(2)33-11-7-10-28-22(18-9-6-8-16(3)12-18)21(24(30)26(28)31)23(29)19-13-17(4)14-20(27)25(19)32-5/h6,8-9,12-15,22,29H,7,10-11H2,1-5H3/b23-21+. The number of ketones is 1. The molecule has 0 aromatic heterocycles. The van der Waals surface area contributed by atoms with Gasteiger partial charge in [-0.1, -0.05) is 41.4 Å². The van der Waals surface area contributed by atoms with Gasteiger partial charge in [0.05, 0.1) is 35.4 Å². The van der Waals surface area contributed by atoms with Crippen molar-refractivity contribution in [2.75, 3.05) is 20.3 Å². The number of rotatable bonds is 8. The van der Waals surface area contributed by atoms with Crippen molar-refractivity contribution >= 4 is 29.1 Å². The number of halogens is 1. The predicted molar refractivity (Wildman–Crippen MR) is 129 cm³/mol. The maximum Gasteiger partial charge on any atom is 0.295 e. The second-order valence-electron chi connectivity index (χ2n) is 8.51. The normalized spacial score (nSPS) is 17.8. The molecule has 0 bridgehead atoms. The molecule has 7 heteroatoms. The molecule has 1 saturated heterocycles. The number of amides is 1. The van der Waals surface area contributed by atoms with Gasteiger partial charge in [-0.15, -0.1) is 0 Å². The van der Waals surface area contributed by atoms with Gasteiger partial charge >= 0.3 is 0 Å². The molecule has 1 heterocycles. The van der Waals surface area contributed by atoms with Crippen LogP contribution in [0.1, 0.15) is 48.6 Å². The number of carbonyl (C=O) groups is 2. The molecule has 0 aliphatic carbocycles. The third-order valence-electron chi connectivity index (χ3n) is 5.54. The Morgan fingerprint density at radius 2 is 1.88 bits per heavy atom. The highest BCUT2D eigenvalue weighted by Crippen LogP contribution is 2.42. The number of nitrogens with zero attached hydrogens (tertiary/aromatic N) is 1. The molecule has 1 aliphatic heterocycles. The minimum atomic E-state index is -0.733. The molecule has 0 radical (unpaired) electrons. The lowest BCUT2D eigenvalue weighted by Crippen LogP contribution is -2.31. The Bertz CT molecular complexity index is 1090. The average molecular weight is 472 g/mol. The van der Waals surface area contributed by atoms with Crippen molar-refractivity contribution in [1.82, 2.24) is 4.90 Å². The van der Waals surface area contributed by atoms with E-state index in [0.29, 0.717) is 24.6 Å². The summed E-state index contributed by atoms with van der Waals surface area (Å²) in [6.45, 7) is 8.43. The van der Waals surface area contributed by atoms with E-state index in [-0.39, 0.29) is 28.7 Å². The highest BCUT2D eigenvalue weighted by atomic mass is 35.5. The van der Waals surface area contributed by atoms with Crippen LogP contribution in [0.3, 0.4) is 0 Å². The van der Waals surface area contributed by atoms with Crippen LogP contribution in [0.15, 0.2) is 42.0 Å². The van der Waals surface area contributed by atoms with E-state index in [1.165, 1.54) is 12.0 Å². The largest absolute Gasteiger partial charge is 0.507 e. The van der Waals surface area contributed by atoms with Crippen LogP contribution in [0.25, 0.3) is 5.76 Å². The van der Waals surface area contributed by atoms with Gasteiger partial charge in [-0.05, 0) is 57.4 Å². The molecule has 3 rings (SSSR count). The summed E-state index contributed by atoms with van der Waals surface area (Å²) in [5.74, 6) is -1.43. The van der Waals surface area contributed by atoms with Gasteiger partial charge in [-0.2, -0.15) is 0 Å². The fourth-order valence-corrected chi connectivity index (χ4v) is 4.46. The van der Waals surface area contributed by atoms with Crippen LogP contribution in [0.5, 0.6) is 5.75 Å². The van der Waals surface area contributed by atoms with Crippen molar-refractivity contribution in [3.63, 3.8) is 0 Å². The highest BCUT2D eigenvalue weighted by molar-refractivity contribution is 6.46. The van der Waals surface area contributed by atoms with Crippen molar-refractivity contribution in [3.05, 3.63) is 69.2 Å². The number of aryl methyl sites for hydroxylation is 2. The number of aliphatic hydroxyl groups excluding tert-OH is 1. The molecule has 1 unspecified atom stereocenters. The SMILES string of the molecule is COc1c(Cl)cc(C)cc1/C(O)=C1\C(=O)C(=O)N(CCCOC(C)C)C1c1cccc(C)c1. The monoisotopic (exact) mass is 471 g/mol. The van der Waals surface area contributed by atoms with Crippen molar-refractivity contribution < 1.29 is 24.2 Å². The van der Waals surface area contributed by atoms with E-state index in [9.17, 15) is 14.7 Å². The lowest BCUT2D eigenvalue weighted by molar-refractivity contribution is -0.140. The van der Waals surface area contributed by atoms with E-state index < -0.39 is 17.7 Å². The van der Waals surface area contributed by atoms with Gasteiger partial charge < -0.3 is 19.5 Å². The Hall–Kier alpha value is -2.83. The summed E-state index contributed by atoms with van der Waals surface area (Å²) in [7, 11) is 1.44. The number of hydrogen-bond donors (Lipinski definition) is 1. The number of benzene rings is 2. The summed E-state index contributed by atoms with van der Waals surface area (Å²) in [6, 6.07) is 10.3. The minimum Gasteiger partial charge on any atom is -0.507 e. The molecule has 1 amide bonds. The van der Waals surface area contributed by atoms with Gasteiger partial charge in [-0.3, -0.25) is 9.59 Å².